The van der Waals surface area contributed by atoms with Gasteiger partial charge in [-0.1, -0.05) is 19.1 Å². The number of hydrogen-bond donors (Lipinski definition) is 0. The van der Waals surface area contributed by atoms with Crippen LogP contribution in [0.3, 0.4) is 0 Å². The van der Waals surface area contributed by atoms with Gasteiger partial charge in [0.1, 0.15) is 0 Å². The molecule has 1 aromatic heterocycles. The zero-order valence-electron chi connectivity index (χ0n) is 16.3. The summed E-state index contributed by atoms with van der Waals surface area (Å²) in [4.78, 5) is 30.5. The number of aromatic nitrogens is 2. The maximum atomic E-state index is 13.0. The van der Waals surface area contributed by atoms with Gasteiger partial charge in [-0.25, -0.2) is 0 Å². The molecule has 0 N–H and O–H groups in total. The lowest BCUT2D eigenvalue weighted by molar-refractivity contribution is 0.0530. The second-order valence-electron chi connectivity index (χ2n) is 7.21. The van der Waals surface area contributed by atoms with Gasteiger partial charge in [0, 0.05) is 43.3 Å². The molecule has 0 aliphatic carbocycles. The van der Waals surface area contributed by atoms with Crippen LogP contribution < -0.4 is 0 Å². The van der Waals surface area contributed by atoms with E-state index < -0.39 is 0 Å². The third kappa shape index (κ3) is 3.81. The van der Waals surface area contributed by atoms with Gasteiger partial charge >= 0.3 is 0 Å². The number of benzene rings is 1. The first-order valence-electron chi connectivity index (χ1n) is 10.0. The summed E-state index contributed by atoms with van der Waals surface area (Å²) < 4.78 is 1.97. The molecular weight excluding hydrogens is 372 g/mol. The molecule has 1 aromatic carbocycles. The number of nitrogens with zero attached hydrogens (tertiary/aromatic N) is 4. The number of fused-ring (bicyclic) bond motifs is 1. The Kier molecular flexibility index (Phi) is 5.71. The van der Waals surface area contributed by atoms with Gasteiger partial charge in [-0.2, -0.15) is 5.10 Å². The smallest absolute Gasteiger partial charge is 0.274 e. The van der Waals surface area contributed by atoms with Gasteiger partial charge in [0.2, 0.25) is 0 Å². The molecule has 2 aromatic rings. The van der Waals surface area contributed by atoms with Crippen LogP contribution in [0.25, 0.3) is 0 Å². The third-order valence-electron chi connectivity index (χ3n) is 5.41. The average Bonchev–Trinajstić information content (AvgIpc) is 3.18. The summed E-state index contributed by atoms with van der Waals surface area (Å²) in [5.74, 6) is 0.971. The summed E-state index contributed by atoms with van der Waals surface area (Å²) in [7, 11) is 0. The molecule has 0 atom stereocenters. The Balaban J connectivity index is 1.40. The van der Waals surface area contributed by atoms with Crippen LogP contribution in [0, 0.1) is 0 Å². The molecule has 1 saturated heterocycles. The largest absolute Gasteiger partial charge is 0.335 e. The first kappa shape index (κ1) is 19.1. The lowest BCUT2D eigenvalue weighted by atomic mass is 10.1. The molecule has 28 heavy (non-hydrogen) atoms. The highest BCUT2D eigenvalue weighted by Crippen LogP contribution is 2.24. The number of carbonyl (C=O) groups excluding carboxylic acids is 2. The fourth-order valence-electron chi connectivity index (χ4n) is 3.89. The summed E-state index contributed by atoms with van der Waals surface area (Å²) in [6.07, 6.45) is 3.29. The predicted octanol–water partition coefficient (Wildman–Crippen LogP) is 2.93. The lowest BCUT2D eigenvalue weighted by Gasteiger charge is -2.34. The molecule has 4 rings (SSSR count). The van der Waals surface area contributed by atoms with Crippen molar-refractivity contribution in [3.05, 3.63) is 47.3 Å². The molecular formula is C21H26N4O2S. The van der Waals surface area contributed by atoms with Crippen LogP contribution in [0.2, 0.25) is 0 Å². The standard InChI is InChI=1S/C21H26N4O2S/c1-2-28-19-9-4-3-8-17(19)20(26)23-11-13-24(14-12-23)21(27)18-15-16-7-5-6-10-25(16)22-18/h3-4,8-9,15H,2,5-7,10-14H2,1H3. The average molecular weight is 399 g/mol. The molecule has 0 radical (unpaired) electrons. The number of carbonyl (C=O) groups is 2. The second-order valence-corrected chi connectivity index (χ2v) is 8.52. The van der Waals surface area contributed by atoms with E-state index in [2.05, 4.69) is 12.0 Å². The van der Waals surface area contributed by atoms with Crippen LogP contribution in [0.15, 0.2) is 35.2 Å². The Morgan fingerprint density at radius 1 is 1.00 bits per heavy atom. The Bertz CT molecular complexity index is 848. The minimum atomic E-state index is -0.0177. The van der Waals surface area contributed by atoms with Crippen molar-refractivity contribution in [2.75, 3.05) is 31.9 Å². The molecule has 2 amide bonds. The van der Waals surface area contributed by atoms with Crippen LogP contribution in [0.1, 0.15) is 46.3 Å². The molecule has 1 fully saturated rings. The van der Waals surface area contributed by atoms with Crippen molar-refractivity contribution in [3.63, 3.8) is 0 Å². The fourth-order valence-corrected chi connectivity index (χ4v) is 4.69. The lowest BCUT2D eigenvalue weighted by Crippen LogP contribution is -2.50. The monoisotopic (exact) mass is 398 g/mol. The maximum Gasteiger partial charge on any atom is 0.274 e. The van der Waals surface area contributed by atoms with E-state index in [0.29, 0.717) is 31.9 Å². The van der Waals surface area contributed by atoms with Crippen LogP contribution in [0.4, 0.5) is 0 Å². The van der Waals surface area contributed by atoms with Crippen LogP contribution >= 0.6 is 11.8 Å². The minimum Gasteiger partial charge on any atom is -0.335 e. The van der Waals surface area contributed by atoms with Crippen molar-refractivity contribution in [1.29, 1.82) is 0 Å². The van der Waals surface area contributed by atoms with E-state index in [9.17, 15) is 9.59 Å². The van der Waals surface area contributed by atoms with Crippen molar-refractivity contribution in [2.45, 2.75) is 37.6 Å². The molecule has 0 unspecified atom stereocenters. The van der Waals surface area contributed by atoms with Gasteiger partial charge in [0.25, 0.3) is 11.8 Å². The van der Waals surface area contributed by atoms with Gasteiger partial charge in [-0.3, -0.25) is 14.3 Å². The van der Waals surface area contributed by atoms with Crippen molar-refractivity contribution in [2.24, 2.45) is 0 Å². The Labute approximate surface area is 169 Å². The molecule has 2 aliphatic rings. The number of piperazine rings is 1. The van der Waals surface area contributed by atoms with Crippen molar-refractivity contribution in [1.82, 2.24) is 19.6 Å². The third-order valence-corrected chi connectivity index (χ3v) is 6.36. The molecule has 0 saturated carbocycles. The molecule has 6 nitrogen and oxygen atoms in total. The summed E-state index contributed by atoms with van der Waals surface area (Å²) in [5, 5.41) is 4.50. The van der Waals surface area contributed by atoms with Crippen LogP contribution in [-0.4, -0.2) is 63.3 Å². The number of hydrogen-bond acceptors (Lipinski definition) is 4. The number of rotatable bonds is 4. The summed E-state index contributed by atoms with van der Waals surface area (Å²) in [6, 6.07) is 9.72. The highest BCUT2D eigenvalue weighted by Gasteiger charge is 2.28. The molecule has 7 heteroatoms. The topological polar surface area (TPSA) is 58.4 Å². The number of thioether (sulfide) groups is 1. The first-order valence-corrected chi connectivity index (χ1v) is 11.0. The highest BCUT2D eigenvalue weighted by atomic mass is 32.2. The second kappa shape index (κ2) is 8.39. The van der Waals surface area contributed by atoms with Gasteiger partial charge in [-0.05, 0) is 43.2 Å². The Hall–Kier alpha value is -2.28. The van der Waals surface area contributed by atoms with E-state index in [1.54, 1.807) is 11.8 Å². The molecule has 0 bridgehead atoms. The quantitative estimate of drug-likeness (QED) is 0.743. The maximum absolute atomic E-state index is 13.0. The van der Waals surface area contributed by atoms with Crippen molar-refractivity contribution in [3.8, 4) is 0 Å². The number of amides is 2. The summed E-state index contributed by atoms with van der Waals surface area (Å²) in [5.41, 5.74) is 2.46. The summed E-state index contributed by atoms with van der Waals surface area (Å²) in [6.45, 7) is 5.21. The van der Waals surface area contributed by atoms with Gasteiger partial charge in [0.05, 0.1) is 5.56 Å². The predicted molar refractivity (Wildman–Crippen MR) is 110 cm³/mol. The van der Waals surface area contributed by atoms with Gasteiger partial charge < -0.3 is 9.80 Å². The Morgan fingerprint density at radius 3 is 2.43 bits per heavy atom. The highest BCUT2D eigenvalue weighted by molar-refractivity contribution is 7.99. The van der Waals surface area contributed by atoms with Gasteiger partial charge in [-0.15, -0.1) is 11.8 Å². The first-order chi connectivity index (χ1) is 13.7. The van der Waals surface area contributed by atoms with Crippen LogP contribution in [-0.2, 0) is 13.0 Å². The molecule has 2 aliphatic heterocycles. The van der Waals surface area contributed by atoms with E-state index in [1.165, 1.54) is 0 Å². The van der Waals surface area contributed by atoms with E-state index in [1.807, 2.05) is 44.8 Å². The SMILES string of the molecule is CCSc1ccccc1C(=O)N1CCN(C(=O)c2cc3n(n2)CCCC3)CC1. The zero-order valence-corrected chi connectivity index (χ0v) is 17.1. The normalized spacial score (nSPS) is 16.8. The molecule has 3 heterocycles. The van der Waals surface area contributed by atoms with Gasteiger partial charge in [0.15, 0.2) is 5.69 Å². The van der Waals surface area contributed by atoms with Crippen molar-refractivity contribution >= 4 is 23.6 Å². The fraction of sp³-hybridized carbons (Fsp3) is 0.476. The molecule has 0 spiro atoms. The van der Waals surface area contributed by atoms with E-state index in [-0.39, 0.29) is 11.8 Å². The molecule has 148 valence electrons. The van der Waals surface area contributed by atoms with E-state index >= 15 is 0 Å². The summed E-state index contributed by atoms with van der Waals surface area (Å²) >= 11 is 1.69. The van der Waals surface area contributed by atoms with Crippen LogP contribution in [0.5, 0.6) is 0 Å². The minimum absolute atomic E-state index is 0.0177. The van der Waals surface area contributed by atoms with E-state index in [0.717, 1.165) is 47.7 Å². The Morgan fingerprint density at radius 2 is 1.71 bits per heavy atom. The van der Waals surface area contributed by atoms with Crippen molar-refractivity contribution < 1.29 is 9.59 Å². The zero-order chi connectivity index (χ0) is 19.5. The number of aryl methyl sites for hydroxylation is 2. The van der Waals surface area contributed by atoms with E-state index in [4.69, 9.17) is 0 Å².